The average Bonchev–Trinajstić information content (AvgIpc) is 2.68. The summed E-state index contributed by atoms with van der Waals surface area (Å²) < 4.78 is 0. The molecule has 0 fully saturated rings. The second-order valence-corrected chi connectivity index (χ2v) is 3.66. The Kier molecular flexibility index (Phi) is 2.76. The van der Waals surface area contributed by atoms with E-state index in [1.807, 2.05) is 30.3 Å². The third-order valence-corrected chi connectivity index (χ3v) is 2.46. The van der Waals surface area contributed by atoms with Crippen molar-refractivity contribution in [3.05, 3.63) is 35.9 Å². The Balaban J connectivity index is 1.94. The number of carbonyl (C=O) groups is 1. The lowest BCUT2D eigenvalue weighted by Gasteiger charge is -2.05. The van der Waals surface area contributed by atoms with Crippen molar-refractivity contribution in [3.8, 4) is 0 Å². The van der Waals surface area contributed by atoms with Gasteiger partial charge in [-0.2, -0.15) is 10.2 Å². The normalized spacial score (nSPS) is 24.3. The van der Waals surface area contributed by atoms with E-state index in [9.17, 15) is 4.79 Å². The highest BCUT2D eigenvalue weighted by Crippen LogP contribution is 2.19. The number of rotatable bonds is 3. The molecular weight excluding hydrogens is 192 g/mol. The van der Waals surface area contributed by atoms with Gasteiger partial charge in [-0.3, -0.25) is 0 Å². The van der Waals surface area contributed by atoms with Crippen LogP contribution in [0.1, 0.15) is 12.0 Å². The number of benzene rings is 1. The zero-order valence-corrected chi connectivity index (χ0v) is 8.21. The van der Waals surface area contributed by atoms with Crippen LogP contribution in [0.2, 0.25) is 0 Å². The first kappa shape index (κ1) is 9.83. The van der Waals surface area contributed by atoms with Crippen LogP contribution in [0.5, 0.6) is 0 Å². The Morgan fingerprint density at radius 2 is 2.07 bits per heavy atom. The maximum Gasteiger partial charge on any atom is 0.330 e. The first-order chi connectivity index (χ1) is 7.25. The lowest BCUT2D eigenvalue weighted by molar-refractivity contribution is -0.138. The van der Waals surface area contributed by atoms with Gasteiger partial charge in [-0.1, -0.05) is 30.3 Å². The highest BCUT2D eigenvalue weighted by Gasteiger charge is 2.27. The third-order valence-electron chi connectivity index (χ3n) is 2.46. The van der Waals surface area contributed by atoms with E-state index in [0.29, 0.717) is 6.42 Å². The predicted octanol–water partition coefficient (Wildman–Crippen LogP) is 1.91. The van der Waals surface area contributed by atoms with Gasteiger partial charge >= 0.3 is 5.97 Å². The fraction of sp³-hybridized carbons (Fsp3) is 0.364. The van der Waals surface area contributed by atoms with E-state index < -0.39 is 12.0 Å². The molecule has 1 aromatic rings. The van der Waals surface area contributed by atoms with Gasteiger partial charge in [0.25, 0.3) is 0 Å². The second kappa shape index (κ2) is 4.21. The molecule has 2 atom stereocenters. The van der Waals surface area contributed by atoms with E-state index in [2.05, 4.69) is 10.2 Å². The Labute approximate surface area is 87.7 Å². The van der Waals surface area contributed by atoms with Gasteiger partial charge in [0.05, 0.1) is 6.04 Å². The van der Waals surface area contributed by atoms with Crippen molar-refractivity contribution >= 4 is 5.97 Å². The number of carboxylic acid groups (broad SMARTS) is 1. The van der Waals surface area contributed by atoms with Crippen molar-refractivity contribution in [1.82, 2.24) is 0 Å². The second-order valence-electron chi connectivity index (χ2n) is 3.66. The summed E-state index contributed by atoms with van der Waals surface area (Å²) in [6, 6.07) is 9.31. The van der Waals surface area contributed by atoms with Crippen molar-refractivity contribution in [2.24, 2.45) is 10.2 Å². The van der Waals surface area contributed by atoms with E-state index in [4.69, 9.17) is 5.11 Å². The quantitative estimate of drug-likeness (QED) is 0.817. The number of nitrogens with zero attached hydrogens (tertiary/aromatic N) is 2. The molecule has 0 radical (unpaired) electrons. The minimum Gasteiger partial charge on any atom is -0.480 e. The van der Waals surface area contributed by atoms with Gasteiger partial charge in [-0.05, 0) is 12.0 Å². The van der Waals surface area contributed by atoms with Gasteiger partial charge in [-0.15, -0.1) is 0 Å². The number of azo groups is 1. The molecule has 0 bridgehead atoms. The molecule has 1 aliphatic heterocycles. The topological polar surface area (TPSA) is 62.0 Å². The summed E-state index contributed by atoms with van der Waals surface area (Å²) in [6.45, 7) is 0. The standard InChI is InChI=1S/C11H12N2O2/c14-11(15)10-7-9(12-13-10)6-8-4-2-1-3-5-8/h1-5,9-10H,6-7H2,(H,14,15). The molecule has 2 unspecified atom stereocenters. The van der Waals surface area contributed by atoms with E-state index >= 15 is 0 Å². The summed E-state index contributed by atoms with van der Waals surface area (Å²) in [5, 5.41) is 16.5. The summed E-state index contributed by atoms with van der Waals surface area (Å²) in [7, 11) is 0. The molecule has 1 aromatic carbocycles. The van der Waals surface area contributed by atoms with Crippen molar-refractivity contribution < 1.29 is 9.90 Å². The maximum absolute atomic E-state index is 10.6. The van der Waals surface area contributed by atoms with E-state index in [-0.39, 0.29) is 6.04 Å². The Bertz CT molecular complexity index is 375. The first-order valence-corrected chi connectivity index (χ1v) is 4.92. The van der Waals surface area contributed by atoms with Crippen LogP contribution in [0.25, 0.3) is 0 Å². The number of hydrogen-bond acceptors (Lipinski definition) is 3. The first-order valence-electron chi connectivity index (χ1n) is 4.92. The minimum absolute atomic E-state index is 0.0218. The highest BCUT2D eigenvalue weighted by molar-refractivity contribution is 5.73. The van der Waals surface area contributed by atoms with Gasteiger partial charge in [-0.25, -0.2) is 4.79 Å². The summed E-state index contributed by atoms with van der Waals surface area (Å²) >= 11 is 0. The number of carboxylic acids is 1. The van der Waals surface area contributed by atoms with Gasteiger partial charge in [0.15, 0.2) is 6.04 Å². The summed E-state index contributed by atoms with van der Waals surface area (Å²) in [4.78, 5) is 10.6. The molecular formula is C11H12N2O2. The molecule has 78 valence electrons. The third kappa shape index (κ3) is 2.40. The smallest absolute Gasteiger partial charge is 0.330 e. The van der Waals surface area contributed by atoms with Crippen molar-refractivity contribution in [2.45, 2.75) is 24.9 Å². The van der Waals surface area contributed by atoms with E-state index in [1.54, 1.807) is 0 Å². The molecule has 1 N–H and O–H groups in total. The van der Waals surface area contributed by atoms with Crippen molar-refractivity contribution in [1.29, 1.82) is 0 Å². The average molecular weight is 204 g/mol. The lowest BCUT2D eigenvalue weighted by Crippen LogP contribution is -2.18. The molecule has 4 nitrogen and oxygen atoms in total. The molecule has 1 heterocycles. The van der Waals surface area contributed by atoms with Crippen LogP contribution in [0.4, 0.5) is 0 Å². The van der Waals surface area contributed by atoms with Gasteiger partial charge in [0.2, 0.25) is 0 Å². The summed E-state index contributed by atoms with van der Waals surface area (Å²) in [6.07, 6.45) is 1.29. The van der Waals surface area contributed by atoms with Crippen LogP contribution in [0.15, 0.2) is 40.6 Å². The molecule has 0 saturated heterocycles. The van der Waals surface area contributed by atoms with Crippen molar-refractivity contribution in [2.75, 3.05) is 0 Å². The molecule has 4 heteroatoms. The van der Waals surface area contributed by atoms with Crippen LogP contribution >= 0.6 is 0 Å². The zero-order chi connectivity index (χ0) is 10.7. The molecule has 0 aliphatic carbocycles. The van der Waals surface area contributed by atoms with E-state index in [0.717, 1.165) is 6.42 Å². The molecule has 0 saturated carbocycles. The van der Waals surface area contributed by atoms with Crippen LogP contribution in [-0.2, 0) is 11.2 Å². The van der Waals surface area contributed by atoms with Crippen LogP contribution in [0, 0.1) is 0 Å². The van der Waals surface area contributed by atoms with Crippen molar-refractivity contribution in [3.63, 3.8) is 0 Å². The summed E-state index contributed by atoms with van der Waals surface area (Å²) in [5.74, 6) is -0.880. The Hall–Kier alpha value is -1.71. The monoisotopic (exact) mass is 204 g/mol. The van der Waals surface area contributed by atoms with Gasteiger partial charge in [0.1, 0.15) is 0 Å². The van der Waals surface area contributed by atoms with Gasteiger partial charge < -0.3 is 5.11 Å². The molecule has 0 aromatic heterocycles. The van der Waals surface area contributed by atoms with Gasteiger partial charge in [0, 0.05) is 6.42 Å². The van der Waals surface area contributed by atoms with Crippen LogP contribution in [-0.4, -0.2) is 23.2 Å². The zero-order valence-electron chi connectivity index (χ0n) is 8.21. The SMILES string of the molecule is O=C(O)C1CC(Cc2ccccc2)N=N1. The fourth-order valence-electron chi connectivity index (χ4n) is 1.69. The molecule has 0 amide bonds. The Morgan fingerprint density at radius 1 is 1.33 bits per heavy atom. The highest BCUT2D eigenvalue weighted by atomic mass is 16.4. The molecule has 2 rings (SSSR count). The van der Waals surface area contributed by atoms with Crippen LogP contribution < -0.4 is 0 Å². The Morgan fingerprint density at radius 3 is 2.67 bits per heavy atom. The molecule has 15 heavy (non-hydrogen) atoms. The summed E-state index contributed by atoms with van der Waals surface area (Å²) in [5.41, 5.74) is 1.17. The fourth-order valence-corrected chi connectivity index (χ4v) is 1.69. The minimum atomic E-state index is -0.880. The largest absolute Gasteiger partial charge is 0.480 e. The number of hydrogen-bond donors (Lipinski definition) is 1. The molecule has 1 aliphatic rings. The molecule has 0 spiro atoms. The van der Waals surface area contributed by atoms with E-state index in [1.165, 1.54) is 5.56 Å². The van der Waals surface area contributed by atoms with Crippen LogP contribution in [0.3, 0.4) is 0 Å². The number of aliphatic carboxylic acids is 1. The lowest BCUT2D eigenvalue weighted by atomic mass is 10.0. The maximum atomic E-state index is 10.6. The predicted molar refractivity (Wildman–Crippen MR) is 54.8 cm³/mol.